The molecule has 0 spiro atoms. The van der Waals surface area contributed by atoms with Crippen LogP contribution in [0.15, 0.2) is 36.5 Å². The molecule has 0 aliphatic heterocycles. The number of aromatic nitrogens is 1. The number of pyridine rings is 1. The number of hydrogen-bond donors (Lipinski definition) is 1. The number of nitrogens with zero attached hydrogens (tertiary/aromatic N) is 1. The molecule has 0 radical (unpaired) electrons. The van der Waals surface area contributed by atoms with Crippen molar-refractivity contribution in [2.75, 3.05) is 0 Å². The highest BCUT2D eigenvalue weighted by atomic mass is 35.5. The van der Waals surface area contributed by atoms with Crippen molar-refractivity contribution < 1.29 is 9.90 Å². The van der Waals surface area contributed by atoms with Gasteiger partial charge in [0.05, 0.1) is 0 Å². The summed E-state index contributed by atoms with van der Waals surface area (Å²) in [6, 6.07) is 8.33. The van der Waals surface area contributed by atoms with Crippen LogP contribution in [0.25, 0.3) is 0 Å². The van der Waals surface area contributed by atoms with Crippen molar-refractivity contribution in [3.05, 3.63) is 58.4 Å². The van der Waals surface area contributed by atoms with Gasteiger partial charge in [-0.1, -0.05) is 29.3 Å². The summed E-state index contributed by atoms with van der Waals surface area (Å²) >= 11 is 5.74. The van der Waals surface area contributed by atoms with E-state index in [9.17, 15) is 9.90 Å². The van der Waals surface area contributed by atoms with Crippen molar-refractivity contribution in [3.63, 3.8) is 0 Å². The molecule has 18 heavy (non-hydrogen) atoms. The molecule has 0 saturated carbocycles. The van der Waals surface area contributed by atoms with E-state index in [0.29, 0.717) is 11.1 Å². The predicted octanol–water partition coefficient (Wildman–Crippen LogP) is 3.17. The number of carbonyl (C=O) groups is 1. The number of aryl methyl sites for hydroxylation is 1. The number of Topliss-reactive ketones (excluding diaryl/α,β-unsaturated/α-hetero) is 1. The molecule has 0 aliphatic carbocycles. The topological polar surface area (TPSA) is 50.2 Å². The van der Waals surface area contributed by atoms with E-state index in [1.807, 2.05) is 6.92 Å². The van der Waals surface area contributed by atoms with Gasteiger partial charge in [-0.3, -0.25) is 4.79 Å². The zero-order valence-electron chi connectivity index (χ0n) is 9.85. The van der Waals surface area contributed by atoms with E-state index in [4.69, 9.17) is 11.6 Å². The fourth-order valence-corrected chi connectivity index (χ4v) is 1.88. The second-order valence-corrected chi connectivity index (χ2v) is 4.49. The smallest absolute Gasteiger partial charge is 0.167 e. The quantitative estimate of drug-likeness (QED) is 0.682. The molecule has 92 valence electrons. The summed E-state index contributed by atoms with van der Waals surface area (Å²) in [6.07, 6.45) is 1.64. The van der Waals surface area contributed by atoms with E-state index >= 15 is 0 Å². The Hall–Kier alpha value is -1.87. The van der Waals surface area contributed by atoms with E-state index in [1.54, 1.807) is 24.3 Å². The van der Waals surface area contributed by atoms with Crippen molar-refractivity contribution in [2.45, 2.75) is 13.3 Å². The summed E-state index contributed by atoms with van der Waals surface area (Å²) < 4.78 is 0. The molecule has 1 aromatic carbocycles. The fraction of sp³-hybridized carbons (Fsp3) is 0.143. The van der Waals surface area contributed by atoms with Crippen LogP contribution in [-0.2, 0) is 6.42 Å². The van der Waals surface area contributed by atoms with Gasteiger partial charge in [-0.15, -0.1) is 0 Å². The number of benzene rings is 1. The van der Waals surface area contributed by atoms with Crippen LogP contribution < -0.4 is 0 Å². The lowest BCUT2D eigenvalue weighted by atomic mass is 10.0. The lowest BCUT2D eigenvalue weighted by Crippen LogP contribution is -2.04. The van der Waals surface area contributed by atoms with Gasteiger partial charge < -0.3 is 5.11 Å². The average molecular weight is 262 g/mol. The normalized spacial score (nSPS) is 10.3. The van der Waals surface area contributed by atoms with Crippen LogP contribution in [0.2, 0.25) is 5.15 Å². The van der Waals surface area contributed by atoms with Gasteiger partial charge in [0, 0.05) is 23.7 Å². The van der Waals surface area contributed by atoms with Crippen molar-refractivity contribution >= 4 is 17.4 Å². The second-order valence-electron chi connectivity index (χ2n) is 4.10. The van der Waals surface area contributed by atoms with Gasteiger partial charge in [-0.2, -0.15) is 0 Å². The lowest BCUT2D eigenvalue weighted by Gasteiger charge is -2.05. The molecule has 0 bridgehead atoms. The second kappa shape index (κ2) is 5.19. The molecule has 1 aromatic heterocycles. The highest BCUT2D eigenvalue weighted by molar-refractivity contribution is 6.29. The van der Waals surface area contributed by atoms with Gasteiger partial charge in [0.1, 0.15) is 10.9 Å². The van der Waals surface area contributed by atoms with E-state index in [1.165, 1.54) is 12.3 Å². The molecule has 0 aliphatic rings. The summed E-state index contributed by atoms with van der Waals surface area (Å²) in [5.41, 5.74) is 2.12. The zero-order valence-corrected chi connectivity index (χ0v) is 10.6. The largest absolute Gasteiger partial charge is 0.508 e. The van der Waals surface area contributed by atoms with E-state index in [-0.39, 0.29) is 23.1 Å². The van der Waals surface area contributed by atoms with Gasteiger partial charge >= 0.3 is 0 Å². The monoisotopic (exact) mass is 261 g/mol. The maximum atomic E-state index is 12.0. The summed E-state index contributed by atoms with van der Waals surface area (Å²) in [5, 5.41) is 9.98. The fourth-order valence-electron chi connectivity index (χ4n) is 1.71. The number of carbonyl (C=O) groups excluding carboxylic acids is 1. The number of phenolic OH excluding ortho intramolecular Hbond substituents is 1. The summed E-state index contributed by atoms with van der Waals surface area (Å²) in [5.74, 6) is 0.0364. The van der Waals surface area contributed by atoms with Crippen molar-refractivity contribution in [2.24, 2.45) is 0 Å². The van der Waals surface area contributed by atoms with Gasteiger partial charge in [0.15, 0.2) is 5.78 Å². The maximum Gasteiger partial charge on any atom is 0.167 e. The number of aromatic hydroxyl groups is 1. The summed E-state index contributed by atoms with van der Waals surface area (Å²) in [6.45, 7) is 1.91. The first-order valence-corrected chi connectivity index (χ1v) is 5.87. The Morgan fingerprint density at radius 2 is 2.11 bits per heavy atom. The molecular weight excluding hydrogens is 250 g/mol. The number of ketones is 1. The maximum absolute atomic E-state index is 12.0. The van der Waals surface area contributed by atoms with Gasteiger partial charge in [0.25, 0.3) is 0 Å². The molecule has 4 heteroatoms. The minimum Gasteiger partial charge on any atom is -0.508 e. The first kappa shape index (κ1) is 12.6. The predicted molar refractivity (Wildman–Crippen MR) is 70.1 cm³/mol. The Balaban J connectivity index is 2.24. The van der Waals surface area contributed by atoms with Crippen LogP contribution >= 0.6 is 11.6 Å². The van der Waals surface area contributed by atoms with Crippen molar-refractivity contribution in [1.29, 1.82) is 0 Å². The molecule has 0 saturated heterocycles. The third kappa shape index (κ3) is 2.87. The average Bonchev–Trinajstić information content (AvgIpc) is 2.34. The van der Waals surface area contributed by atoms with Gasteiger partial charge in [-0.05, 0) is 25.1 Å². The Morgan fingerprint density at radius 1 is 1.33 bits per heavy atom. The standard InChI is InChI=1S/C14H12ClNO2/c1-9-2-3-12(17)11(6-9)7-13(18)10-4-5-16-14(15)8-10/h2-6,8,17H,7H2,1H3. The minimum atomic E-state index is -0.0970. The Kier molecular flexibility index (Phi) is 3.63. The van der Waals surface area contributed by atoms with Crippen LogP contribution in [0.4, 0.5) is 0 Å². The van der Waals surface area contributed by atoms with Crippen LogP contribution in [0.5, 0.6) is 5.75 Å². The number of hydrogen-bond acceptors (Lipinski definition) is 3. The van der Waals surface area contributed by atoms with Gasteiger partial charge in [-0.25, -0.2) is 4.98 Å². The molecule has 0 fully saturated rings. The van der Waals surface area contributed by atoms with Crippen molar-refractivity contribution in [1.82, 2.24) is 4.98 Å². The van der Waals surface area contributed by atoms with Crippen LogP contribution in [-0.4, -0.2) is 15.9 Å². The Bertz CT molecular complexity index is 596. The Morgan fingerprint density at radius 3 is 2.83 bits per heavy atom. The highest BCUT2D eigenvalue weighted by Crippen LogP contribution is 2.20. The van der Waals surface area contributed by atoms with Crippen LogP contribution in [0.1, 0.15) is 21.5 Å². The number of phenols is 1. The third-order valence-electron chi connectivity index (χ3n) is 2.63. The molecule has 2 rings (SSSR count). The SMILES string of the molecule is Cc1ccc(O)c(CC(=O)c2ccnc(Cl)c2)c1. The van der Waals surface area contributed by atoms with Crippen LogP contribution in [0.3, 0.4) is 0 Å². The first-order chi connectivity index (χ1) is 8.56. The molecule has 0 atom stereocenters. The Labute approximate surface area is 110 Å². The van der Waals surface area contributed by atoms with E-state index < -0.39 is 0 Å². The van der Waals surface area contributed by atoms with Crippen molar-refractivity contribution in [3.8, 4) is 5.75 Å². The third-order valence-corrected chi connectivity index (χ3v) is 2.84. The molecule has 0 amide bonds. The highest BCUT2D eigenvalue weighted by Gasteiger charge is 2.11. The minimum absolute atomic E-state index is 0.0970. The molecule has 1 heterocycles. The zero-order chi connectivity index (χ0) is 13.1. The molecular formula is C14H12ClNO2. The summed E-state index contributed by atoms with van der Waals surface area (Å²) in [7, 11) is 0. The summed E-state index contributed by atoms with van der Waals surface area (Å²) in [4.78, 5) is 15.9. The molecule has 1 N–H and O–H groups in total. The first-order valence-electron chi connectivity index (χ1n) is 5.49. The van der Waals surface area contributed by atoms with E-state index in [2.05, 4.69) is 4.98 Å². The lowest BCUT2D eigenvalue weighted by molar-refractivity contribution is 0.0992. The van der Waals surface area contributed by atoms with Gasteiger partial charge in [0.2, 0.25) is 0 Å². The molecule has 3 nitrogen and oxygen atoms in total. The molecule has 2 aromatic rings. The number of rotatable bonds is 3. The molecule has 0 unspecified atom stereocenters. The van der Waals surface area contributed by atoms with Crippen LogP contribution in [0, 0.1) is 6.92 Å². The van der Waals surface area contributed by atoms with E-state index in [0.717, 1.165) is 5.56 Å². The number of halogens is 1.